The number of aryl methyl sites for hydroxylation is 1. The summed E-state index contributed by atoms with van der Waals surface area (Å²) in [6, 6.07) is 6.44. The fourth-order valence-electron chi connectivity index (χ4n) is 2.35. The Morgan fingerprint density at radius 2 is 1.84 bits per heavy atom. The molecule has 0 N–H and O–H groups in total. The van der Waals surface area contributed by atoms with Gasteiger partial charge in [-0.05, 0) is 54.7 Å². The number of benzene rings is 1. The third-order valence-corrected chi connectivity index (χ3v) is 4.91. The van der Waals surface area contributed by atoms with Crippen LogP contribution in [0, 0.1) is 12.3 Å². The first-order valence-electron chi connectivity index (χ1n) is 7.32. The molecule has 1 aromatic carbocycles. The van der Waals surface area contributed by atoms with Gasteiger partial charge >= 0.3 is 0 Å². The van der Waals surface area contributed by atoms with Crippen molar-refractivity contribution in [1.82, 2.24) is 0 Å². The zero-order valence-corrected chi connectivity index (χ0v) is 13.9. The van der Waals surface area contributed by atoms with E-state index in [9.17, 15) is 0 Å². The molecule has 0 spiro atoms. The van der Waals surface area contributed by atoms with Gasteiger partial charge in [-0.15, -0.1) is 0 Å². The maximum Gasteiger partial charge on any atom is 0.119 e. The Bertz CT molecular complexity index is 386. The van der Waals surface area contributed by atoms with Gasteiger partial charge in [-0.3, -0.25) is 0 Å². The average Bonchev–Trinajstić information content (AvgIpc) is 2.40. The molecule has 1 rings (SSSR count). The molecule has 0 heterocycles. The number of hydrogen-bond acceptors (Lipinski definition) is 2. The van der Waals surface area contributed by atoms with Gasteiger partial charge < -0.3 is 4.74 Å². The van der Waals surface area contributed by atoms with Crippen molar-refractivity contribution in [2.75, 3.05) is 12.4 Å². The summed E-state index contributed by atoms with van der Waals surface area (Å²) in [5.74, 6) is 2.43. The lowest BCUT2D eigenvalue weighted by Crippen LogP contribution is -2.29. The van der Waals surface area contributed by atoms with E-state index < -0.39 is 0 Å². The summed E-state index contributed by atoms with van der Waals surface area (Å²) >= 11 is 4.49. The number of rotatable bonds is 7. The van der Waals surface area contributed by atoms with E-state index >= 15 is 0 Å². The van der Waals surface area contributed by atoms with Crippen LogP contribution < -0.4 is 4.74 Å². The van der Waals surface area contributed by atoms with E-state index in [0.29, 0.717) is 5.92 Å². The minimum Gasteiger partial charge on any atom is -0.493 e. The molecule has 0 bridgehead atoms. The summed E-state index contributed by atoms with van der Waals surface area (Å²) in [5, 5.41) is 0. The Balaban J connectivity index is 2.76. The number of thiol groups is 1. The van der Waals surface area contributed by atoms with Crippen molar-refractivity contribution in [2.45, 2.75) is 53.4 Å². The van der Waals surface area contributed by atoms with E-state index in [1.165, 1.54) is 11.1 Å². The summed E-state index contributed by atoms with van der Waals surface area (Å²) in [7, 11) is 0. The van der Waals surface area contributed by atoms with Crippen LogP contribution in [0.2, 0.25) is 0 Å². The van der Waals surface area contributed by atoms with E-state index in [4.69, 9.17) is 4.74 Å². The van der Waals surface area contributed by atoms with Gasteiger partial charge in [0.25, 0.3) is 0 Å². The van der Waals surface area contributed by atoms with Crippen molar-refractivity contribution < 1.29 is 4.74 Å². The zero-order valence-electron chi connectivity index (χ0n) is 13.0. The highest BCUT2D eigenvalue weighted by molar-refractivity contribution is 7.80. The molecule has 0 unspecified atom stereocenters. The van der Waals surface area contributed by atoms with E-state index in [1.54, 1.807) is 0 Å². The van der Waals surface area contributed by atoms with Crippen molar-refractivity contribution in [1.29, 1.82) is 0 Å². The zero-order chi connectivity index (χ0) is 14.5. The summed E-state index contributed by atoms with van der Waals surface area (Å²) in [5.41, 5.74) is 2.92. The molecule has 0 fully saturated rings. The summed E-state index contributed by atoms with van der Waals surface area (Å²) in [4.78, 5) is 0. The Morgan fingerprint density at radius 3 is 2.26 bits per heavy atom. The summed E-state index contributed by atoms with van der Waals surface area (Å²) in [6.07, 6.45) is 2.21. The fourth-order valence-corrected chi connectivity index (χ4v) is 2.88. The summed E-state index contributed by atoms with van der Waals surface area (Å²) < 4.78 is 6.01. The highest BCUT2D eigenvalue weighted by atomic mass is 32.1. The van der Waals surface area contributed by atoms with Gasteiger partial charge in [0.05, 0.1) is 6.61 Å². The Kier molecular flexibility index (Phi) is 6.25. The van der Waals surface area contributed by atoms with E-state index in [-0.39, 0.29) is 5.41 Å². The largest absolute Gasteiger partial charge is 0.493 e. The third kappa shape index (κ3) is 4.17. The van der Waals surface area contributed by atoms with E-state index in [0.717, 1.165) is 31.0 Å². The molecule has 0 saturated carbocycles. The molecule has 2 heteroatoms. The monoisotopic (exact) mass is 280 g/mol. The van der Waals surface area contributed by atoms with Gasteiger partial charge in [-0.1, -0.05) is 33.8 Å². The van der Waals surface area contributed by atoms with E-state index in [1.807, 2.05) is 0 Å². The topological polar surface area (TPSA) is 9.23 Å². The van der Waals surface area contributed by atoms with Crippen LogP contribution in [0.4, 0.5) is 0 Å². The third-order valence-electron chi connectivity index (χ3n) is 4.24. The lowest BCUT2D eigenvalue weighted by Gasteiger charge is -2.29. The normalized spacial score (nSPS) is 11.9. The van der Waals surface area contributed by atoms with Crippen LogP contribution in [-0.4, -0.2) is 12.4 Å². The molecular formula is C17H28OS. The maximum atomic E-state index is 6.01. The minimum atomic E-state index is 0.202. The molecule has 0 aliphatic carbocycles. The molecule has 0 aliphatic heterocycles. The molecule has 19 heavy (non-hydrogen) atoms. The molecule has 0 aliphatic rings. The van der Waals surface area contributed by atoms with Crippen molar-refractivity contribution in [2.24, 2.45) is 5.41 Å². The standard InChI is InChI=1S/C17H28OS/c1-6-17(7-2,12-19)11-18-15-8-9-16(13(3)4)14(5)10-15/h8-10,13,19H,6-7,11-12H2,1-5H3. The molecule has 1 nitrogen and oxygen atoms in total. The predicted molar refractivity (Wildman–Crippen MR) is 87.6 cm³/mol. The average molecular weight is 280 g/mol. The van der Waals surface area contributed by atoms with Crippen LogP contribution in [0.25, 0.3) is 0 Å². The van der Waals surface area contributed by atoms with Crippen molar-refractivity contribution >= 4 is 12.6 Å². The predicted octanol–water partition coefficient (Wildman–Crippen LogP) is 5.23. The van der Waals surface area contributed by atoms with Crippen LogP contribution in [0.1, 0.15) is 57.6 Å². The van der Waals surface area contributed by atoms with Gasteiger partial charge in [0.15, 0.2) is 0 Å². The quantitative estimate of drug-likeness (QED) is 0.673. The first-order valence-corrected chi connectivity index (χ1v) is 7.95. The molecule has 0 aromatic heterocycles. The van der Waals surface area contributed by atoms with Gasteiger partial charge in [0, 0.05) is 5.41 Å². The first-order chi connectivity index (χ1) is 8.98. The lowest BCUT2D eigenvalue weighted by molar-refractivity contribution is 0.157. The summed E-state index contributed by atoms with van der Waals surface area (Å²) in [6.45, 7) is 11.8. The molecular weight excluding hydrogens is 252 g/mol. The lowest BCUT2D eigenvalue weighted by atomic mass is 9.85. The van der Waals surface area contributed by atoms with E-state index in [2.05, 4.69) is 65.4 Å². The van der Waals surface area contributed by atoms with Crippen LogP contribution >= 0.6 is 12.6 Å². The number of ether oxygens (including phenoxy) is 1. The van der Waals surface area contributed by atoms with Crippen LogP contribution in [-0.2, 0) is 0 Å². The second-order valence-electron chi connectivity index (χ2n) is 5.83. The fraction of sp³-hybridized carbons (Fsp3) is 0.647. The molecule has 0 atom stereocenters. The minimum absolute atomic E-state index is 0.202. The van der Waals surface area contributed by atoms with Gasteiger partial charge in [0.1, 0.15) is 5.75 Å². The molecule has 1 aromatic rings. The van der Waals surface area contributed by atoms with Crippen LogP contribution in [0.15, 0.2) is 18.2 Å². The molecule has 0 radical (unpaired) electrons. The van der Waals surface area contributed by atoms with Crippen molar-refractivity contribution in [3.05, 3.63) is 29.3 Å². The second kappa shape index (κ2) is 7.23. The Labute approximate surface area is 124 Å². The number of hydrogen-bond donors (Lipinski definition) is 1. The molecule has 0 amide bonds. The smallest absolute Gasteiger partial charge is 0.119 e. The first kappa shape index (κ1) is 16.4. The maximum absolute atomic E-state index is 6.01. The SMILES string of the molecule is CCC(CC)(CS)COc1ccc(C(C)C)c(C)c1. The Hall–Kier alpha value is -0.630. The van der Waals surface area contributed by atoms with Crippen molar-refractivity contribution in [3.63, 3.8) is 0 Å². The van der Waals surface area contributed by atoms with Crippen molar-refractivity contribution in [3.8, 4) is 5.75 Å². The Morgan fingerprint density at radius 1 is 1.21 bits per heavy atom. The highest BCUT2D eigenvalue weighted by Gasteiger charge is 2.25. The van der Waals surface area contributed by atoms with Gasteiger partial charge in [-0.25, -0.2) is 0 Å². The van der Waals surface area contributed by atoms with Crippen LogP contribution in [0.5, 0.6) is 5.75 Å². The highest BCUT2D eigenvalue weighted by Crippen LogP contribution is 2.30. The molecule has 108 valence electrons. The molecule has 0 saturated heterocycles. The second-order valence-corrected chi connectivity index (χ2v) is 6.14. The van der Waals surface area contributed by atoms with Gasteiger partial charge in [0.2, 0.25) is 0 Å². The van der Waals surface area contributed by atoms with Gasteiger partial charge in [-0.2, -0.15) is 12.6 Å². The van der Waals surface area contributed by atoms with Crippen LogP contribution in [0.3, 0.4) is 0 Å².